The third kappa shape index (κ3) is 5.08. The van der Waals surface area contributed by atoms with Gasteiger partial charge >= 0.3 is 0 Å². The lowest BCUT2D eigenvalue weighted by Gasteiger charge is -2.17. The summed E-state index contributed by atoms with van der Waals surface area (Å²) >= 11 is 7.40. The van der Waals surface area contributed by atoms with Crippen LogP contribution in [0.2, 0.25) is 5.02 Å². The van der Waals surface area contributed by atoms with Gasteiger partial charge in [0, 0.05) is 6.20 Å². The number of thioether (sulfide) groups is 1. The molecule has 0 saturated heterocycles. The van der Waals surface area contributed by atoms with E-state index in [4.69, 9.17) is 11.6 Å². The largest absolute Gasteiger partial charge is 0.310 e. The number of benzene rings is 2. The van der Waals surface area contributed by atoms with Gasteiger partial charge in [0.05, 0.1) is 16.0 Å². The van der Waals surface area contributed by atoms with E-state index in [2.05, 4.69) is 34.6 Å². The lowest BCUT2D eigenvalue weighted by atomic mass is 10.0. The molecule has 3 aromatic rings. The number of pyridine rings is 1. The quantitative estimate of drug-likeness (QED) is 0.650. The fourth-order valence-corrected chi connectivity index (χ4v) is 3.63. The number of hydrogen-bond donors (Lipinski definition) is 1. The summed E-state index contributed by atoms with van der Waals surface area (Å²) < 4.78 is 0. The van der Waals surface area contributed by atoms with Gasteiger partial charge in [0.15, 0.2) is 0 Å². The smallest absolute Gasteiger partial charge is 0.235 e. The molecule has 0 aliphatic carbocycles. The molecule has 5 heteroatoms. The summed E-state index contributed by atoms with van der Waals surface area (Å²) in [5.74, 6) is 0.751. The fourth-order valence-electron chi connectivity index (χ4n) is 2.43. The van der Waals surface area contributed by atoms with Crippen molar-refractivity contribution in [2.24, 2.45) is 0 Å². The number of carbonyl (C=O) groups is 1. The molecule has 25 heavy (non-hydrogen) atoms. The first-order valence-corrected chi connectivity index (χ1v) is 9.28. The minimum absolute atomic E-state index is 0.0864. The molecule has 0 aliphatic rings. The van der Waals surface area contributed by atoms with E-state index in [1.165, 1.54) is 17.3 Å². The van der Waals surface area contributed by atoms with Gasteiger partial charge in [-0.15, -0.1) is 11.8 Å². The number of rotatable bonds is 6. The van der Waals surface area contributed by atoms with Gasteiger partial charge in [-0.2, -0.15) is 0 Å². The minimum Gasteiger partial charge on any atom is -0.310 e. The first-order valence-electron chi connectivity index (χ1n) is 7.85. The summed E-state index contributed by atoms with van der Waals surface area (Å²) in [5, 5.41) is 3.44. The first kappa shape index (κ1) is 17.5. The van der Waals surface area contributed by atoms with Gasteiger partial charge in [-0.1, -0.05) is 72.3 Å². The molecule has 126 valence electrons. The number of aromatic nitrogens is 1. The normalized spacial score (nSPS) is 10.6. The second-order valence-electron chi connectivity index (χ2n) is 5.42. The fraction of sp³-hybridized carbons (Fsp3) is 0.100. The van der Waals surface area contributed by atoms with E-state index in [0.717, 1.165) is 0 Å². The molecule has 0 atom stereocenters. The molecule has 1 heterocycles. The van der Waals surface area contributed by atoms with Crippen LogP contribution in [0.15, 0.2) is 79.0 Å². The lowest BCUT2D eigenvalue weighted by Crippen LogP contribution is -2.16. The van der Waals surface area contributed by atoms with Crippen molar-refractivity contribution in [1.82, 2.24) is 4.98 Å². The van der Waals surface area contributed by atoms with Gasteiger partial charge in [-0.05, 0) is 23.3 Å². The Balaban J connectivity index is 1.68. The predicted molar refractivity (Wildman–Crippen MR) is 105 cm³/mol. The van der Waals surface area contributed by atoms with Crippen molar-refractivity contribution in [3.63, 3.8) is 0 Å². The van der Waals surface area contributed by atoms with Crippen molar-refractivity contribution >= 4 is 35.1 Å². The highest BCUT2D eigenvalue weighted by Gasteiger charge is 2.16. The van der Waals surface area contributed by atoms with Crippen molar-refractivity contribution in [2.75, 3.05) is 11.1 Å². The summed E-state index contributed by atoms with van der Waals surface area (Å²) in [5.41, 5.74) is 2.35. The second-order valence-corrected chi connectivity index (χ2v) is 6.95. The summed E-state index contributed by atoms with van der Waals surface area (Å²) in [7, 11) is 0. The highest BCUT2D eigenvalue weighted by molar-refractivity contribution is 8.00. The van der Waals surface area contributed by atoms with Gasteiger partial charge in [-0.25, -0.2) is 4.98 Å². The molecule has 1 aromatic heterocycles. The van der Waals surface area contributed by atoms with Crippen molar-refractivity contribution < 1.29 is 4.79 Å². The van der Waals surface area contributed by atoms with Crippen LogP contribution in [0.4, 0.5) is 5.82 Å². The summed E-state index contributed by atoms with van der Waals surface area (Å²) in [4.78, 5) is 16.3. The van der Waals surface area contributed by atoms with Crippen molar-refractivity contribution in [2.45, 2.75) is 5.25 Å². The molecule has 3 rings (SSSR count). The van der Waals surface area contributed by atoms with Gasteiger partial charge in [0.25, 0.3) is 0 Å². The summed E-state index contributed by atoms with van der Waals surface area (Å²) in [6.07, 6.45) is 1.51. The Bertz CT molecular complexity index is 771. The maximum Gasteiger partial charge on any atom is 0.235 e. The molecule has 1 amide bonds. The number of halogens is 1. The number of nitrogens with one attached hydrogen (secondary N) is 1. The SMILES string of the molecule is O=C(CSC(c1ccccc1)c1ccccc1)Nc1ccc(Cl)cn1. The number of nitrogens with zero attached hydrogens (tertiary/aromatic N) is 1. The van der Waals surface area contributed by atoms with Crippen LogP contribution in [0.3, 0.4) is 0 Å². The Morgan fingerprint density at radius 3 is 2.08 bits per heavy atom. The van der Waals surface area contributed by atoms with Crippen molar-refractivity contribution in [1.29, 1.82) is 0 Å². The molecule has 0 bridgehead atoms. The van der Waals surface area contributed by atoms with E-state index < -0.39 is 0 Å². The number of carbonyl (C=O) groups excluding carboxylic acids is 1. The lowest BCUT2D eigenvalue weighted by molar-refractivity contribution is -0.113. The number of anilines is 1. The van der Waals surface area contributed by atoms with E-state index in [-0.39, 0.29) is 11.2 Å². The molecule has 0 aliphatic heterocycles. The summed E-state index contributed by atoms with van der Waals surface area (Å²) in [6, 6.07) is 23.8. The third-order valence-electron chi connectivity index (χ3n) is 3.58. The molecule has 0 radical (unpaired) electrons. The van der Waals surface area contributed by atoms with Crippen LogP contribution in [0, 0.1) is 0 Å². The zero-order valence-corrected chi connectivity index (χ0v) is 15.0. The average molecular weight is 369 g/mol. The third-order valence-corrected chi connectivity index (χ3v) is 5.11. The van der Waals surface area contributed by atoms with E-state index >= 15 is 0 Å². The Morgan fingerprint density at radius 1 is 0.960 bits per heavy atom. The molecule has 0 unspecified atom stereocenters. The van der Waals surface area contributed by atoms with E-state index in [9.17, 15) is 4.79 Å². The van der Waals surface area contributed by atoms with Crippen molar-refractivity contribution in [3.8, 4) is 0 Å². The topological polar surface area (TPSA) is 42.0 Å². The maximum atomic E-state index is 12.3. The molecule has 2 aromatic carbocycles. The predicted octanol–water partition coefficient (Wildman–Crippen LogP) is 5.20. The Labute approximate surface area is 156 Å². The standard InChI is InChI=1S/C20H17ClN2OS/c21-17-11-12-18(22-13-17)23-19(24)14-25-20(15-7-3-1-4-8-15)16-9-5-2-6-10-16/h1-13,20H,14H2,(H,22,23,24). The zero-order chi connectivity index (χ0) is 17.5. The summed E-state index contributed by atoms with van der Waals surface area (Å²) in [6.45, 7) is 0. The van der Waals surface area contributed by atoms with Crippen LogP contribution < -0.4 is 5.32 Å². The molecular formula is C20H17ClN2OS. The second kappa shape index (κ2) is 8.70. The highest BCUT2D eigenvalue weighted by atomic mass is 35.5. The Hall–Kier alpha value is -2.30. The Morgan fingerprint density at radius 2 is 1.56 bits per heavy atom. The number of amides is 1. The van der Waals surface area contributed by atoms with E-state index in [0.29, 0.717) is 16.6 Å². The van der Waals surface area contributed by atoms with Crippen LogP contribution in [0.25, 0.3) is 0 Å². The minimum atomic E-state index is -0.0864. The van der Waals surface area contributed by atoms with Crippen LogP contribution in [-0.2, 0) is 4.79 Å². The van der Waals surface area contributed by atoms with E-state index in [1.807, 2.05) is 36.4 Å². The van der Waals surface area contributed by atoms with Gasteiger partial charge < -0.3 is 5.32 Å². The molecule has 0 saturated carbocycles. The van der Waals surface area contributed by atoms with Gasteiger partial charge in [-0.3, -0.25) is 4.79 Å². The maximum absolute atomic E-state index is 12.3. The molecular weight excluding hydrogens is 352 g/mol. The van der Waals surface area contributed by atoms with Gasteiger partial charge in [0.2, 0.25) is 5.91 Å². The highest BCUT2D eigenvalue weighted by Crippen LogP contribution is 2.35. The van der Waals surface area contributed by atoms with Crippen LogP contribution >= 0.6 is 23.4 Å². The first-order chi connectivity index (χ1) is 12.2. The average Bonchev–Trinajstić information content (AvgIpc) is 2.66. The Kier molecular flexibility index (Phi) is 6.09. The monoisotopic (exact) mass is 368 g/mol. The van der Waals surface area contributed by atoms with Crippen LogP contribution in [0.5, 0.6) is 0 Å². The van der Waals surface area contributed by atoms with Crippen molar-refractivity contribution in [3.05, 3.63) is 95.1 Å². The molecule has 0 spiro atoms. The van der Waals surface area contributed by atoms with E-state index in [1.54, 1.807) is 23.9 Å². The van der Waals surface area contributed by atoms with Gasteiger partial charge in [0.1, 0.15) is 5.82 Å². The number of hydrogen-bond acceptors (Lipinski definition) is 3. The zero-order valence-electron chi connectivity index (χ0n) is 13.4. The molecule has 1 N–H and O–H groups in total. The molecule has 0 fully saturated rings. The van der Waals surface area contributed by atoms with Crippen LogP contribution in [0.1, 0.15) is 16.4 Å². The molecule has 3 nitrogen and oxygen atoms in total. The van der Waals surface area contributed by atoms with Crippen LogP contribution in [-0.4, -0.2) is 16.6 Å².